The molecule has 0 aliphatic carbocycles. The Morgan fingerprint density at radius 1 is 1.33 bits per heavy atom. The fraction of sp³-hybridized carbons (Fsp3) is 0.316. The van der Waals surface area contributed by atoms with Gasteiger partial charge in [-0.25, -0.2) is 14.4 Å². The Hall–Kier alpha value is -3.00. The summed E-state index contributed by atoms with van der Waals surface area (Å²) in [6, 6.07) is 4.88. The molecule has 0 saturated carbocycles. The molecule has 8 heteroatoms. The van der Waals surface area contributed by atoms with Gasteiger partial charge in [0.05, 0.1) is 18.2 Å². The monoisotopic (exact) mass is 371 g/mol. The standard InChI is InChI=1S/C19H22FN5O2/c1-4-25-6-5-13-8-16(23-15-7-11(2)14(20)9-21-15)24-18(17(13)19(25)27)22-12(3)10-26/h5-9,12,26H,4,10H2,1-3H3,(H2,21,22,23,24). The number of rotatable bonds is 6. The number of anilines is 3. The zero-order chi connectivity index (χ0) is 19.6. The average molecular weight is 371 g/mol. The summed E-state index contributed by atoms with van der Waals surface area (Å²) in [7, 11) is 0. The normalized spacial score (nSPS) is 12.2. The van der Waals surface area contributed by atoms with Crippen LogP contribution in [0.5, 0.6) is 0 Å². The van der Waals surface area contributed by atoms with E-state index in [4.69, 9.17) is 0 Å². The molecule has 142 valence electrons. The lowest BCUT2D eigenvalue weighted by Gasteiger charge is -2.16. The van der Waals surface area contributed by atoms with Crippen LogP contribution in [0.25, 0.3) is 10.8 Å². The summed E-state index contributed by atoms with van der Waals surface area (Å²) in [6.07, 6.45) is 2.87. The maximum Gasteiger partial charge on any atom is 0.262 e. The molecule has 0 bridgehead atoms. The van der Waals surface area contributed by atoms with Crippen molar-refractivity contribution in [3.63, 3.8) is 0 Å². The maximum absolute atomic E-state index is 13.4. The first-order chi connectivity index (χ1) is 12.9. The third kappa shape index (κ3) is 3.90. The van der Waals surface area contributed by atoms with Gasteiger partial charge in [-0.2, -0.15) is 0 Å². The van der Waals surface area contributed by atoms with Crippen LogP contribution in [0.15, 0.2) is 35.4 Å². The number of nitrogens with one attached hydrogen (secondary N) is 2. The quantitative estimate of drug-likeness (QED) is 0.617. The van der Waals surface area contributed by atoms with E-state index in [2.05, 4.69) is 20.6 Å². The Balaban J connectivity index is 2.11. The van der Waals surface area contributed by atoms with Crippen LogP contribution in [0.3, 0.4) is 0 Å². The highest BCUT2D eigenvalue weighted by Gasteiger charge is 2.14. The molecule has 3 aromatic heterocycles. The predicted molar refractivity (Wildman–Crippen MR) is 104 cm³/mol. The highest BCUT2D eigenvalue weighted by molar-refractivity contribution is 5.93. The summed E-state index contributed by atoms with van der Waals surface area (Å²) in [5, 5.41) is 16.6. The number of pyridine rings is 3. The molecule has 0 radical (unpaired) electrons. The summed E-state index contributed by atoms with van der Waals surface area (Å²) in [4.78, 5) is 21.3. The number of aryl methyl sites for hydroxylation is 2. The zero-order valence-corrected chi connectivity index (χ0v) is 15.5. The number of aromatic nitrogens is 3. The van der Waals surface area contributed by atoms with Crippen molar-refractivity contribution in [1.29, 1.82) is 0 Å². The second kappa shape index (κ2) is 7.71. The number of aliphatic hydroxyl groups is 1. The van der Waals surface area contributed by atoms with Crippen LogP contribution in [0.2, 0.25) is 0 Å². The van der Waals surface area contributed by atoms with Gasteiger partial charge in [-0.3, -0.25) is 4.79 Å². The van der Waals surface area contributed by atoms with E-state index < -0.39 is 0 Å². The number of fused-ring (bicyclic) bond motifs is 1. The van der Waals surface area contributed by atoms with Crippen molar-refractivity contribution in [2.75, 3.05) is 17.2 Å². The molecule has 7 nitrogen and oxygen atoms in total. The van der Waals surface area contributed by atoms with Gasteiger partial charge in [-0.1, -0.05) is 0 Å². The van der Waals surface area contributed by atoms with Crippen LogP contribution in [0, 0.1) is 12.7 Å². The van der Waals surface area contributed by atoms with E-state index >= 15 is 0 Å². The van der Waals surface area contributed by atoms with Gasteiger partial charge in [0.1, 0.15) is 23.3 Å². The van der Waals surface area contributed by atoms with Crippen LogP contribution >= 0.6 is 0 Å². The minimum Gasteiger partial charge on any atom is -0.394 e. The number of nitrogens with zero attached hydrogens (tertiary/aromatic N) is 3. The Kier molecular flexibility index (Phi) is 5.36. The van der Waals surface area contributed by atoms with Crippen LogP contribution in [-0.2, 0) is 6.54 Å². The molecule has 0 amide bonds. The third-order valence-electron chi connectivity index (χ3n) is 4.26. The minimum absolute atomic E-state index is 0.103. The average Bonchev–Trinajstić information content (AvgIpc) is 2.64. The van der Waals surface area contributed by atoms with E-state index in [1.165, 1.54) is 0 Å². The first kappa shape index (κ1) is 18.8. The van der Waals surface area contributed by atoms with Gasteiger partial charge in [0.25, 0.3) is 5.56 Å². The van der Waals surface area contributed by atoms with Gasteiger partial charge < -0.3 is 20.3 Å². The summed E-state index contributed by atoms with van der Waals surface area (Å²) in [6.45, 7) is 5.78. The Morgan fingerprint density at radius 2 is 2.11 bits per heavy atom. The zero-order valence-electron chi connectivity index (χ0n) is 15.5. The molecular weight excluding hydrogens is 349 g/mol. The Labute approximate surface area is 155 Å². The van der Waals surface area contributed by atoms with Crippen LogP contribution in [-0.4, -0.2) is 32.3 Å². The first-order valence-corrected chi connectivity index (χ1v) is 8.73. The van der Waals surface area contributed by atoms with E-state index in [-0.39, 0.29) is 24.0 Å². The van der Waals surface area contributed by atoms with Gasteiger partial charge in [-0.05, 0) is 49.9 Å². The summed E-state index contributed by atoms with van der Waals surface area (Å²) < 4.78 is 15.0. The predicted octanol–water partition coefficient (Wildman–Crippen LogP) is 2.80. The summed E-state index contributed by atoms with van der Waals surface area (Å²) in [5.41, 5.74) is 0.309. The van der Waals surface area contributed by atoms with Crippen molar-refractivity contribution in [3.8, 4) is 0 Å². The van der Waals surface area contributed by atoms with Crippen molar-refractivity contribution >= 4 is 28.2 Å². The highest BCUT2D eigenvalue weighted by Crippen LogP contribution is 2.25. The molecular formula is C19H22FN5O2. The topological polar surface area (TPSA) is 92.1 Å². The van der Waals surface area contributed by atoms with Crippen molar-refractivity contribution in [3.05, 3.63) is 52.3 Å². The van der Waals surface area contributed by atoms with Gasteiger partial charge in [0.15, 0.2) is 0 Å². The van der Waals surface area contributed by atoms with E-state index in [1.54, 1.807) is 36.7 Å². The second-order valence-corrected chi connectivity index (χ2v) is 6.40. The molecule has 1 unspecified atom stereocenters. The SMILES string of the molecule is CCn1ccc2cc(Nc3cc(C)c(F)cn3)nc(NC(C)CO)c2c1=O. The maximum atomic E-state index is 13.4. The Bertz CT molecular complexity index is 1030. The number of hydrogen-bond acceptors (Lipinski definition) is 6. The van der Waals surface area contributed by atoms with Gasteiger partial charge >= 0.3 is 0 Å². The lowest BCUT2D eigenvalue weighted by atomic mass is 10.2. The van der Waals surface area contributed by atoms with E-state index in [0.717, 1.165) is 6.20 Å². The summed E-state index contributed by atoms with van der Waals surface area (Å²) in [5.74, 6) is 0.903. The largest absolute Gasteiger partial charge is 0.394 e. The van der Waals surface area contributed by atoms with Crippen LogP contribution in [0.4, 0.5) is 21.8 Å². The Morgan fingerprint density at radius 3 is 2.78 bits per heavy atom. The highest BCUT2D eigenvalue weighted by atomic mass is 19.1. The second-order valence-electron chi connectivity index (χ2n) is 6.40. The van der Waals surface area contributed by atoms with Gasteiger partial charge in [-0.15, -0.1) is 0 Å². The van der Waals surface area contributed by atoms with Crippen LogP contribution in [0.1, 0.15) is 19.4 Å². The molecule has 1 atom stereocenters. The fourth-order valence-corrected chi connectivity index (χ4v) is 2.74. The lowest BCUT2D eigenvalue weighted by Crippen LogP contribution is -2.24. The molecule has 0 aromatic carbocycles. The number of hydrogen-bond donors (Lipinski definition) is 3. The fourth-order valence-electron chi connectivity index (χ4n) is 2.74. The molecule has 0 saturated heterocycles. The van der Waals surface area contributed by atoms with Crippen LogP contribution < -0.4 is 16.2 Å². The van der Waals surface area contributed by atoms with Gasteiger partial charge in [0, 0.05) is 18.8 Å². The molecule has 3 rings (SSSR count). The summed E-state index contributed by atoms with van der Waals surface area (Å²) >= 11 is 0. The van der Waals surface area contributed by atoms with Crippen molar-refractivity contribution < 1.29 is 9.50 Å². The number of aliphatic hydroxyl groups excluding tert-OH is 1. The molecule has 0 aliphatic heterocycles. The van der Waals surface area contributed by atoms with Crippen molar-refractivity contribution in [1.82, 2.24) is 14.5 Å². The third-order valence-corrected chi connectivity index (χ3v) is 4.26. The molecule has 3 heterocycles. The van der Waals surface area contributed by atoms with E-state index in [1.807, 2.05) is 13.0 Å². The molecule has 0 fully saturated rings. The van der Waals surface area contributed by atoms with Gasteiger partial charge in [0.2, 0.25) is 0 Å². The molecule has 3 N–H and O–H groups in total. The smallest absolute Gasteiger partial charge is 0.262 e. The van der Waals surface area contributed by atoms with E-state index in [0.29, 0.717) is 40.3 Å². The molecule has 3 aromatic rings. The minimum atomic E-state index is -0.383. The number of halogens is 1. The lowest BCUT2D eigenvalue weighted by molar-refractivity contribution is 0.281. The molecule has 0 spiro atoms. The van der Waals surface area contributed by atoms with Crippen molar-refractivity contribution in [2.45, 2.75) is 33.4 Å². The van der Waals surface area contributed by atoms with Crippen molar-refractivity contribution in [2.24, 2.45) is 0 Å². The van der Waals surface area contributed by atoms with E-state index in [9.17, 15) is 14.3 Å². The first-order valence-electron chi connectivity index (χ1n) is 8.73. The molecule has 0 aliphatic rings. The molecule has 27 heavy (non-hydrogen) atoms.